The summed E-state index contributed by atoms with van der Waals surface area (Å²) >= 11 is 0. The zero-order valence-corrected chi connectivity index (χ0v) is 11.2. The van der Waals surface area contributed by atoms with Crippen molar-refractivity contribution < 1.29 is 9.53 Å². The maximum atomic E-state index is 11.9. The van der Waals surface area contributed by atoms with E-state index >= 15 is 0 Å². The third kappa shape index (κ3) is 4.94. The molecule has 2 fully saturated rings. The van der Waals surface area contributed by atoms with Crippen LogP contribution < -0.4 is 10.6 Å². The van der Waals surface area contributed by atoms with Gasteiger partial charge in [-0.15, -0.1) is 0 Å². The Morgan fingerprint density at radius 3 is 2.67 bits per heavy atom. The van der Waals surface area contributed by atoms with Gasteiger partial charge >= 0.3 is 0 Å². The lowest BCUT2D eigenvalue weighted by atomic mass is 9.96. The number of nitrogens with one attached hydrogen (secondary N) is 2. The standard InChI is InChI=1S/C14H26N2O2/c17-14(9-12-5-3-1-2-4-6-12)16-10-13-11-18-8-7-15-13/h12-13,15H,1-11H2,(H,16,17). The summed E-state index contributed by atoms with van der Waals surface area (Å²) < 4.78 is 5.37. The maximum Gasteiger partial charge on any atom is 0.220 e. The van der Waals surface area contributed by atoms with Crippen molar-refractivity contribution in [2.24, 2.45) is 5.92 Å². The highest BCUT2D eigenvalue weighted by atomic mass is 16.5. The summed E-state index contributed by atoms with van der Waals surface area (Å²) in [4.78, 5) is 11.9. The Bertz CT molecular complexity index is 244. The summed E-state index contributed by atoms with van der Waals surface area (Å²) in [7, 11) is 0. The molecule has 104 valence electrons. The van der Waals surface area contributed by atoms with Crippen LogP contribution in [0.1, 0.15) is 44.9 Å². The highest BCUT2D eigenvalue weighted by Gasteiger charge is 2.18. The summed E-state index contributed by atoms with van der Waals surface area (Å²) in [5, 5.41) is 6.39. The van der Waals surface area contributed by atoms with E-state index in [1.807, 2.05) is 0 Å². The van der Waals surface area contributed by atoms with E-state index in [1.54, 1.807) is 0 Å². The van der Waals surface area contributed by atoms with Crippen LogP contribution in [0.4, 0.5) is 0 Å². The van der Waals surface area contributed by atoms with Crippen LogP contribution in [-0.4, -0.2) is 38.3 Å². The third-order valence-corrected chi connectivity index (χ3v) is 3.99. The first kappa shape index (κ1) is 13.8. The first-order valence-corrected chi connectivity index (χ1v) is 7.42. The number of hydrogen-bond donors (Lipinski definition) is 2. The molecular formula is C14H26N2O2. The first-order valence-electron chi connectivity index (χ1n) is 7.42. The molecule has 2 rings (SSSR count). The Balaban J connectivity index is 1.61. The molecule has 0 bridgehead atoms. The first-order chi connectivity index (χ1) is 8.84. The van der Waals surface area contributed by atoms with E-state index in [9.17, 15) is 4.79 Å². The molecule has 2 aliphatic rings. The minimum Gasteiger partial charge on any atom is -0.378 e. The smallest absolute Gasteiger partial charge is 0.220 e. The van der Waals surface area contributed by atoms with Gasteiger partial charge in [0.1, 0.15) is 0 Å². The second-order valence-corrected chi connectivity index (χ2v) is 5.59. The fourth-order valence-electron chi connectivity index (χ4n) is 2.89. The number of morpholine rings is 1. The monoisotopic (exact) mass is 254 g/mol. The van der Waals surface area contributed by atoms with Crippen LogP contribution in [-0.2, 0) is 9.53 Å². The van der Waals surface area contributed by atoms with Gasteiger partial charge in [0.15, 0.2) is 0 Å². The molecule has 18 heavy (non-hydrogen) atoms. The largest absolute Gasteiger partial charge is 0.378 e. The van der Waals surface area contributed by atoms with Crippen molar-refractivity contribution in [2.45, 2.75) is 51.0 Å². The summed E-state index contributed by atoms with van der Waals surface area (Å²) in [5.41, 5.74) is 0. The van der Waals surface area contributed by atoms with E-state index in [-0.39, 0.29) is 11.9 Å². The molecule has 0 radical (unpaired) electrons. The Morgan fingerprint density at radius 1 is 1.22 bits per heavy atom. The molecule has 1 atom stereocenters. The SMILES string of the molecule is O=C(CC1CCCCCC1)NCC1COCCN1. The molecule has 1 unspecified atom stereocenters. The molecule has 4 nitrogen and oxygen atoms in total. The van der Waals surface area contributed by atoms with Gasteiger partial charge in [0.25, 0.3) is 0 Å². The van der Waals surface area contributed by atoms with E-state index < -0.39 is 0 Å². The third-order valence-electron chi connectivity index (χ3n) is 3.99. The zero-order chi connectivity index (χ0) is 12.6. The van der Waals surface area contributed by atoms with Gasteiger partial charge in [-0.1, -0.05) is 25.7 Å². The molecule has 0 aromatic heterocycles. The van der Waals surface area contributed by atoms with Gasteiger partial charge in [-0.05, 0) is 18.8 Å². The van der Waals surface area contributed by atoms with Crippen LogP contribution in [0.25, 0.3) is 0 Å². The zero-order valence-electron chi connectivity index (χ0n) is 11.2. The minimum atomic E-state index is 0.217. The highest BCUT2D eigenvalue weighted by Crippen LogP contribution is 2.25. The van der Waals surface area contributed by atoms with Crippen molar-refractivity contribution in [1.29, 1.82) is 0 Å². The molecule has 1 saturated heterocycles. The van der Waals surface area contributed by atoms with E-state index in [0.29, 0.717) is 25.5 Å². The van der Waals surface area contributed by atoms with E-state index in [0.717, 1.165) is 13.2 Å². The van der Waals surface area contributed by atoms with E-state index in [4.69, 9.17) is 4.74 Å². The summed E-state index contributed by atoms with van der Waals surface area (Å²) in [6, 6.07) is 0.289. The lowest BCUT2D eigenvalue weighted by Gasteiger charge is -2.24. The Morgan fingerprint density at radius 2 is 2.00 bits per heavy atom. The van der Waals surface area contributed by atoms with E-state index in [2.05, 4.69) is 10.6 Å². The van der Waals surface area contributed by atoms with Gasteiger partial charge in [-0.25, -0.2) is 0 Å². The molecule has 0 aromatic rings. The van der Waals surface area contributed by atoms with Gasteiger partial charge in [0, 0.05) is 25.6 Å². The number of rotatable bonds is 4. The Hall–Kier alpha value is -0.610. The predicted molar refractivity (Wildman–Crippen MR) is 71.4 cm³/mol. The number of amides is 1. The quantitative estimate of drug-likeness (QED) is 0.747. The second kappa shape index (κ2) is 7.74. The molecule has 2 N–H and O–H groups in total. The van der Waals surface area contributed by atoms with Crippen LogP contribution in [0, 0.1) is 5.92 Å². The predicted octanol–water partition coefficient (Wildman–Crippen LogP) is 1.45. The summed E-state index contributed by atoms with van der Waals surface area (Å²) in [6.45, 7) is 3.09. The average molecular weight is 254 g/mol. The molecular weight excluding hydrogens is 228 g/mol. The molecule has 0 spiro atoms. The minimum absolute atomic E-state index is 0.217. The lowest BCUT2D eigenvalue weighted by Crippen LogP contribution is -2.48. The molecule has 4 heteroatoms. The van der Waals surface area contributed by atoms with Crippen molar-refractivity contribution in [1.82, 2.24) is 10.6 Å². The van der Waals surface area contributed by atoms with Crippen molar-refractivity contribution in [2.75, 3.05) is 26.3 Å². The normalized spacial score (nSPS) is 26.6. The molecule has 1 amide bonds. The Kier molecular flexibility index (Phi) is 5.94. The number of ether oxygens (including phenoxy) is 1. The lowest BCUT2D eigenvalue weighted by molar-refractivity contribution is -0.122. The molecule has 1 saturated carbocycles. The molecule has 1 aliphatic heterocycles. The van der Waals surface area contributed by atoms with Crippen LogP contribution in [0.3, 0.4) is 0 Å². The van der Waals surface area contributed by atoms with Gasteiger partial charge in [0.2, 0.25) is 5.91 Å². The summed E-state index contributed by atoms with van der Waals surface area (Å²) in [5.74, 6) is 0.831. The number of hydrogen-bond acceptors (Lipinski definition) is 3. The Labute approximate surface area is 110 Å². The van der Waals surface area contributed by atoms with Crippen LogP contribution >= 0.6 is 0 Å². The van der Waals surface area contributed by atoms with Gasteiger partial charge in [0.05, 0.1) is 13.2 Å². The number of carbonyl (C=O) groups excluding carboxylic acids is 1. The molecule has 1 heterocycles. The van der Waals surface area contributed by atoms with Crippen LogP contribution in [0.5, 0.6) is 0 Å². The van der Waals surface area contributed by atoms with Crippen molar-refractivity contribution >= 4 is 5.91 Å². The second-order valence-electron chi connectivity index (χ2n) is 5.59. The van der Waals surface area contributed by atoms with Crippen LogP contribution in [0.2, 0.25) is 0 Å². The topological polar surface area (TPSA) is 50.4 Å². The van der Waals surface area contributed by atoms with Crippen molar-refractivity contribution in [3.05, 3.63) is 0 Å². The highest BCUT2D eigenvalue weighted by molar-refractivity contribution is 5.76. The van der Waals surface area contributed by atoms with E-state index in [1.165, 1.54) is 38.5 Å². The molecule has 0 aromatic carbocycles. The van der Waals surface area contributed by atoms with Gasteiger partial charge in [-0.2, -0.15) is 0 Å². The average Bonchev–Trinajstić information content (AvgIpc) is 2.66. The van der Waals surface area contributed by atoms with Crippen molar-refractivity contribution in [3.63, 3.8) is 0 Å². The van der Waals surface area contributed by atoms with Gasteiger partial charge < -0.3 is 15.4 Å². The fourth-order valence-corrected chi connectivity index (χ4v) is 2.89. The maximum absolute atomic E-state index is 11.9. The fraction of sp³-hybridized carbons (Fsp3) is 0.929. The van der Waals surface area contributed by atoms with Crippen LogP contribution in [0.15, 0.2) is 0 Å². The van der Waals surface area contributed by atoms with Gasteiger partial charge in [-0.3, -0.25) is 4.79 Å². The summed E-state index contributed by atoms with van der Waals surface area (Å²) in [6.07, 6.45) is 8.48. The number of carbonyl (C=O) groups is 1. The molecule has 1 aliphatic carbocycles. The van der Waals surface area contributed by atoms with Crippen molar-refractivity contribution in [3.8, 4) is 0 Å².